The van der Waals surface area contributed by atoms with Crippen molar-refractivity contribution in [2.45, 2.75) is 42.4 Å². The van der Waals surface area contributed by atoms with E-state index < -0.39 is 55.1 Å². The molecule has 51 heavy (non-hydrogen) atoms. The van der Waals surface area contributed by atoms with Crippen LogP contribution in [0, 0.1) is 13.8 Å². The van der Waals surface area contributed by atoms with E-state index in [1.165, 1.54) is 72.8 Å². The highest BCUT2D eigenvalue weighted by Gasteiger charge is 2.39. The number of hydrogen-bond donors (Lipinski definition) is 0. The van der Waals surface area contributed by atoms with E-state index in [4.69, 9.17) is 9.47 Å². The lowest BCUT2D eigenvalue weighted by molar-refractivity contribution is -0.0606. The summed E-state index contributed by atoms with van der Waals surface area (Å²) in [7, 11) is -9.23. The molecule has 0 spiro atoms. The van der Waals surface area contributed by atoms with Gasteiger partial charge in [-0.05, 0) is 86.6 Å². The molecule has 0 atom stereocenters. The second-order valence-corrected chi connectivity index (χ2v) is 13.7. The van der Waals surface area contributed by atoms with Gasteiger partial charge in [0.25, 0.3) is 0 Å². The van der Waals surface area contributed by atoms with Crippen LogP contribution in [-0.4, -0.2) is 53.8 Å². The van der Waals surface area contributed by atoms with Crippen molar-refractivity contribution >= 4 is 31.7 Å². The molecule has 0 bridgehead atoms. The SMILES string of the molecule is Cc1ccc(S(=O)(=O)O/N=C(/c2ccc(OCCCOc3ccc(/C(=N/OS(=O)(=O)c4ccc(C)cc4)C(F)(F)F)cc3)cc2)C(F)(F)F)cc1. The molecule has 10 nitrogen and oxygen atoms in total. The summed E-state index contributed by atoms with van der Waals surface area (Å²) in [6.07, 6.45) is -9.86. The number of oxime groups is 2. The first kappa shape index (κ1) is 38.7. The number of benzene rings is 4. The third-order valence-corrected chi connectivity index (χ3v) is 8.93. The molecule has 4 aromatic carbocycles. The Hall–Kier alpha value is -5.10. The molecule has 0 saturated carbocycles. The summed E-state index contributed by atoms with van der Waals surface area (Å²) < 4.78 is 151. The lowest BCUT2D eigenvalue weighted by Gasteiger charge is -2.12. The average Bonchev–Trinajstić information content (AvgIpc) is 3.05. The smallest absolute Gasteiger partial charge is 0.437 e. The van der Waals surface area contributed by atoms with Gasteiger partial charge in [0.2, 0.25) is 0 Å². The minimum absolute atomic E-state index is 0.0349. The maximum Gasteiger partial charge on any atom is 0.437 e. The van der Waals surface area contributed by atoms with Crippen LogP contribution < -0.4 is 9.47 Å². The summed E-state index contributed by atoms with van der Waals surface area (Å²) in [6, 6.07) is 19.4. The molecule has 0 aliphatic heterocycles. The molecule has 4 aromatic rings. The second-order valence-electron chi connectivity index (χ2n) is 10.7. The minimum Gasteiger partial charge on any atom is -0.493 e. The van der Waals surface area contributed by atoms with E-state index in [9.17, 15) is 43.2 Å². The predicted octanol–water partition coefficient (Wildman–Crippen LogP) is 7.50. The van der Waals surface area contributed by atoms with Gasteiger partial charge in [-0.3, -0.25) is 8.57 Å². The molecule has 272 valence electrons. The Morgan fingerprint density at radius 2 is 0.843 bits per heavy atom. The number of nitrogens with zero attached hydrogens (tertiary/aromatic N) is 2. The Kier molecular flexibility index (Phi) is 12.0. The van der Waals surface area contributed by atoms with Gasteiger partial charge in [0.15, 0.2) is 11.4 Å². The quantitative estimate of drug-likeness (QED) is 0.0560. The zero-order chi connectivity index (χ0) is 37.5. The highest BCUT2D eigenvalue weighted by molar-refractivity contribution is 7.87. The maximum absolute atomic E-state index is 13.7. The van der Waals surface area contributed by atoms with Gasteiger partial charge in [0.05, 0.1) is 13.2 Å². The lowest BCUT2D eigenvalue weighted by Crippen LogP contribution is -2.25. The van der Waals surface area contributed by atoms with Crippen molar-refractivity contribution in [1.82, 2.24) is 0 Å². The summed E-state index contributed by atoms with van der Waals surface area (Å²) in [5.41, 5.74) is -2.69. The lowest BCUT2D eigenvalue weighted by atomic mass is 10.1. The van der Waals surface area contributed by atoms with Gasteiger partial charge in [-0.2, -0.15) is 43.2 Å². The molecule has 0 unspecified atom stereocenters. The van der Waals surface area contributed by atoms with Crippen molar-refractivity contribution in [2.24, 2.45) is 10.3 Å². The van der Waals surface area contributed by atoms with Gasteiger partial charge < -0.3 is 9.47 Å². The van der Waals surface area contributed by atoms with Gasteiger partial charge >= 0.3 is 32.6 Å². The highest BCUT2D eigenvalue weighted by Crippen LogP contribution is 2.27. The Balaban J connectivity index is 1.30. The van der Waals surface area contributed by atoms with Crippen LogP contribution in [0.4, 0.5) is 26.3 Å². The standard InChI is InChI=1S/C33H28F6N2O8S2/c1-22-4-16-28(17-5-22)50(42,43)48-40-30(32(34,35)36)24-8-12-26(13-9-24)46-20-3-21-47-27-14-10-25(11-15-27)31(33(37,38)39)41-49-51(44,45)29-18-6-23(2)7-19-29/h4-19H,3,20-21H2,1-2H3/b40-30-,41-31-. The Morgan fingerprint density at radius 3 is 1.14 bits per heavy atom. The van der Waals surface area contributed by atoms with Crippen LogP contribution in [0.1, 0.15) is 28.7 Å². The van der Waals surface area contributed by atoms with Crippen molar-refractivity contribution in [2.75, 3.05) is 13.2 Å². The molecule has 0 radical (unpaired) electrons. The Labute approximate surface area is 289 Å². The second kappa shape index (κ2) is 15.8. The number of ether oxygens (including phenoxy) is 2. The fraction of sp³-hybridized carbons (Fsp3) is 0.212. The highest BCUT2D eigenvalue weighted by atomic mass is 32.2. The van der Waals surface area contributed by atoms with E-state index in [1.807, 2.05) is 0 Å². The van der Waals surface area contributed by atoms with Crippen molar-refractivity contribution < 1.29 is 61.2 Å². The van der Waals surface area contributed by atoms with Crippen LogP contribution in [0.3, 0.4) is 0 Å². The fourth-order valence-electron chi connectivity index (χ4n) is 4.06. The molecule has 0 heterocycles. The van der Waals surface area contributed by atoms with Crippen molar-refractivity contribution in [3.63, 3.8) is 0 Å². The maximum atomic E-state index is 13.7. The van der Waals surface area contributed by atoms with Gasteiger partial charge in [-0.15, -0.1) is 0 Å². The van der Waals surface area contributed by atoms with Gasteiger partial charge in [0.1, 0.15) is 21.3 Å². The van der Waals surface area contributed by atoms with Gasteiger partial charge in [-0.1, -0.05) is 45.7 Å². The zero-order valence-electron chi connectivity index (χ0n) is 26.6. The molecule has 0 saturated heterocycles. The average molecular weight is 759 g/mol. The molecule has 4 rings (SSSR count). The van der Waals surface area contributed by atoms with Crippen LogP contribution in [0.15, 0.2) is 117 Å². The van der Waals surface area contributed by atoms with Crippen molar-refractivity contribution in [3.8, 4) is 11.5 Å². The third-order valence-electron chi connectivity index (χ3n) is 6.69. The van der Waals surface area contributed by atoms with Crippen molar-refractivity contribution in [3.05, 3.63) is 119 Å². The first-order chi connectivity index (χ1) is 23.8. The van der Waals surface area contributed by atoms with E-state index >= 15 is 0 Å². The summed E-state index contributed by atoms with van der Waals surface area (Å²) >= 11 is 0. The molecule has 0 N–H and O–H groups in total. The topological polar surface area (TPSA) is 130 Å². The number of rotatable bonds is 14. The van der Waals surface area contributed by atoms with Gasteiger partial charge in [0, 0.05) is 17.5 Å². The Bertz CT molecular complexity index is 1920. The van der Waals surface area contributed by atoms with E-state index in [2.05, 4.69) is 18.9 Å². The first-order valence-corrected chi connectivity index (χ1v) is 17.4. The van der Waals surface area contributed by atoms with E-state index in [1.54, 1.807) is 13.8 Å². The Morgan fingerprint density at radius 1 is 0.529 bits per heavy atom. The van der Waals surface area contributed by atoms with Crippen LogP contribution in [0.2, 0.25) is 0 Å². The molecule has 0 aromatic heterocycles. The number of aryl methyl sites for hydroxylation is 2. The number of halogens is 6. The summed E-state index contributed by atoms with van der Waals surface area (Å²) in [5.74, 6) is 0.340. The van der Waals surface area contributed by atoms with Crippen LogP contribution in [-0.2, 0) is 28.8 Å². The fourth-order valence-corrected chi connectivity index (χ4v) is 5.52. The zero-order valence-corrected chi connectivity index (χ0v) is 28.2. The number of alkyl halides is 6. The van der Waals surface area contributed by atoms with Gasteiger partial charge in [-0.25, -0.2) is 0 Å². The molecular weight excluding hydrogens is 730 g/mol. The summed E-state index contributed by atoms with van der Waals surface area (Å²) in [5, 5.41) is 5.79. The minimum atomic E-state index is -5.06. The summed E-state index contributed by atoms with van der Waals surface area (Å²) in [4.78, 5) is -0.744. The van der Waals surface area contributed by atoms with Crippen LogP contribution >= 0.6 is 0 Å². The largest absolute Gasteiger partial charge is 0.493 e. The first-order valence-electron chi connectivity index (χ1n) is 14.6. The van der Waals surface area contributed by atoms with Crippen molar-refractivity contribution in [1.29, 1.82) is 0 Å². The summed E-state index contributed by atoms with van der Waals surface area (Å²) in [6.45, 7) is 3.46. The molecule has 0 fully saturated rings. The number of hydrogen-bond acceptors (Lipinski definition) is 10. The normalized spacial score (nSPS) is 13.1. The van der Waals surface area contributed by atoms with Crippen LogP contribution in [0.25, 0.3) is 0 Å². The predicted molar refractivity (Wildman–Crippen MR) is 173 cm³/mol. The molecule has 0 aliphatic carbocycles. The van der Waals surface area contributed by atoms with E-state index in [-0.39, 0.29) is 40.9 Å². The molecular formula is C33H28F6N2O8S2. The third kappa shape index (κ3) is 10.9. The van der Waals surface area contributed by atoms with E-state index in [0.717, 1.165) is 35.4 Å². The molecule has 18 heteroatoms. The molecule has 0 aliphatic rings. The molecule has 0 amide bonds. The van der Waals surface area contributed by atoms with E-state index in [0.29, 0.717) is 0 Å². The monoisotopic (exact) mass is 758 g/mol. The van der Waals surface area contributed by atoms with Crippen LogP contribution in [0.5, 0.6) is 11.5 Å².